The molecule has 3 nitrogen and oxygen atoms in total. The molecule has 4 heteroatoms. The second kappa shape index (κ2) is 12.0. The summed E-state index contributed by atoms with van der Waals surface area (Å²) in [6.45, 7) is 10.8. The van der Waals surface area contributed by atoms with E-state index in [-0.39, 0.29) is 25.5 Å². The third-order valence-electron chi connectivity index (χ3n) is 7.33. The molecule has 0 bridgehead atoms. The van der Waals surface area contributed by atoms with Crippen LogP contribution in [0.25, 0.3) is 55.4 Å². The number of aryl methyl sites for hydroxylation is 2. The minimum Gasteiger partial charge on any atom is -0.456 e. The van der Waals surface area contributed by atoms with Gasteiger partial charge in [-0.2, -0.15) is 0 Å². The Bertz CT molecular complexity index is 1970. The molecule has 4 aromatic carbocycles. The molecule has 7 aromatic rings. The van der Waals surface area contributed by atoms with E-state index in [2.05, 4.69) is 88.1 Å². The summed E-state index contributed by atoms with van der Waals surface area (Å²) in [6, 6.07) is 39.1. The number of hydrogen-bond acceptors (Lipinski definition) is 3. The van der Waals surface area contributed by atoms with E-state index < -0.39 is 0 Å². The number of fused-ring (bicyclic) bond motifs is 5. The van der Waals surface area contributed by atoms with Gasteiger partial charge in [0.15, 0.2) is 0 Å². The molecule has 42 heavy (non-hydrogen) atoms. The molecule has 0 aliphatic rings. The zero-order chi connectivity index (χ0) is 28.6. The average molecular weight is 725 g/mol. The summed E-state index contributed by atoms with van der Waals surface area (Å²) in [7, 11) is 0. The number of furan rings is 1. The molecule has 0 amide bonds. The largest absolute Gasteiger partial charge is 0.456 e. The first-order valence-corrected chi connectivity index (χ1v) is 13.9. The number of rotatable bonds is 2. The van der Waals surface area contributed by atoms with Crippen molar-refractivity contribution in [2.24, 2.45) is 0 Å². The molecule has 0 spiro atoms. The number of aromatic nitrogens is 2. The Hall–Kier alpha value is -4.11. The van der Waals surface area contributed by atoms with Gasteiger partial charge >= 0.3 is 0 Å². The number of benzene rings is 4. The number of nitrogens with zero attached hydrogens (tertiary/aromatic N) is 2. The minimum atomic E-state index is 0. The monoisotopic (exact) mass is 725 g/mol. The minimum absolute atomic E-state index is 0. The van der Waals surface area contributed by atoms with Crippen LogP contribution in [0.1, 0.15) is 37.5 Å². The zero-order valence-electron chi connectivity index (χ0n) is 24.5. The van der Waals surface area contributed by atoms with Crippen molar-refractivity contribution >= 4 is 32.8 Å². The fourth-order valence-corrected chi connectivity index (χ4v) is 5.25. The molecule has 0 saturated heterocycles. The molecule has 0 atom stereocenters. The number of pyridine rings is 2. The van der Waals surface area contributed by atoms with Gasteiger partial charge in [0.25, 0.3) is 0 Å². The first kappa shape index (κ1) is 29.4. The van der Waals surface area contributed by atoms with Crippen LogP contribution in [-0.2, 0) is 25.5 Å². The predicted octanol–water partition coefficient (Wildman–Crippen LogP) is 10.1. The summed E-state index contributed by atoms with van der Waals surface area (Å²) in [5.41, 5.74) is 10.5. The molecular formula is C38H32IrN2O-2. The number of hydrogen-bond donors (Lipinski definition) is 0. The molecule has 0 aliphatic heterocycles. The Labute approximate surface area is 261 Å². The topological polar surface area (TPSA) is 38.9 Å². The fourth-order valence-electron chi connectivity index (χ4n) is 5.25. The normalized spacial score (nSPS) is 11.3. The average Bonchev–Trinajstić information content (AvgIpc) is 3.37. The molecule has 0 N–H and O–H groups in total. The summed E-state index contributed by atoms with van der Waals surface area (Å²) in [5.74, 6) is 0. The molecule has 1 radical (unpaired) electrons. The second-order valence-corrected chi connectivity index (χ2v) is 11.5. The first-order chi connectivity index (χ1) is 19.8. The van der Waals surface area contributed by atoms with Gasteiger partial charge in [-0.15, -0.1) is 71.8 Å². The van der Waals surface area contributed by atoms with Gasteiger partial charge in [-0.05, 0) is 53.8 Å². The van der Waals surface area contributed by atoms with Gasteiger partial charge < -0.3 is 9.40 Å². The molecule has 3 aromatic heterocycles. The standard InChI is InChI=1S/C23H16NO.C15H16N.Ir/c1-14-12-15(2)20-18(13-14)24-22(16-8-4-3-5-9-16)21-17-10-6-7-11-19(17)25-23(20)21;1-15(2,3)13-9-10-14(16-11-13)12-7-5-4-6-8-12;/h3-8,10-13H,1-2H3;4-7,9-11H,1-3H3;/q2*-1;. The predicted molar refractivity (Wildman–Crippen MR) is 170 cm³/mol. The second-order valence-electron chi connectivity index (χ2n) is 11.5. The summed E-state index contributed by atoms with van der Waals surface area (Å²) in [4.78, 5) is 9.51. The Morgan fingerprint density at radius 2 is 1.43 bits per heavy atom. The Morgan fingerprint density at radius 3 is 2.07 bits per heavy atom. The molecule has 0 aliphatic carbocycles. The SMILES string of the molecule is CC(C)(C)c1ccc(-c2[c-]cccc2)nc1.Cc1cc(C)c2c(c1)nc(-c1[c-]cccc1)c1c3ccccc3oc21.[Ir]. The van der Waals surface area contributed by atoms with Crippen LogP contribution in [0.5, 0.6) is 0 Å². The van der Waals surface area contributed by atoms with Gasteiger partial charge in [-0.1, -0.05) is 57.2 Å². The van der Waals surface area contributed by atoms with Crippen molar-refractivity contribution in [1.82, 2.24) is 9.97 Å². The van der Waals surface area contributed by atoms with Crippen LogP contribution >= 0.6 is 0 Å². The third kappa shape index (κ3) is 5.79. The van der Waals surface area contributed by atoms with Crippen molar-refractivity contribution in [3.05, 3.63) is 132 Å². The van der Waals surface area contributed by atoms with Gasteiger partial charge in [-0.25, -0.2) is 0 Å². The Morgan fingerprint density at radius 1 is 0.738 bits per heavy atom. The van der Waals surface area contributed by atoms with E-state index in [0.29, 0.717) is 0 Å². The van der Waals surface area contributed by atoms with Crippen molar-refractivity contribution in [3.8, 4) is 22.5 Å². The van der Waals surface area contributed by atoms with E-state index in [4.69, 9.17) is 9.40 Å². The van der Waals surface area contributed by atoms with Crippen molar-refractivity contribution < 1.29 is 24.5 Å². The van der Waals surface area contributed by atoms with Crippen LogP contribution in [0.3, 0.4) is 0 Å². The Balaban J connectivity index is 0.000000181. The maximum atomic E-state index is 6.29. The maximum Gasteiger partial charge on any atom is 0.137 e. The Kier molecular flexibility index (Phi) is 8.41. The first-order valence-electron chi connectivity index (χ1n) is 13.9. The van der Waals surface area contributed by atoms with Crippen molar-refractivity contribution in [1.29, 1.82) is 0 Å². The van der Waals surface area contributed by atoms with Crippen LogP contribution in [0.2, 0.25) is 0 Å². The van der Waals surface area contributed by atoms with Crippen molar-refractivity contribution in [3.63, 3.8) is 0 Å². The van der Waals surface area contributed by atoms with Crippen LogP contribution in [-0.4, -0.2) is 9.97 Å². The summed E-state index contributed by atoms with van der Waals surface area (Å²) < 4.78 is 6.29. The van der Waals surface area contributed by atoms with Crippen LogP contribution in [0, 0.1) is 26.0 Å². The van der Waals surface area contributed by atoms with Gasteiger partial charge in [0.1, 0.15) is 11.2 Å². The van der Waals surface area contributed by atoms with Gasteiger partial charge in [0.2, 0.25) is 0 Å². The van der Waals surface area contributed by atoms with E-state index in [0.717, 1.165) is 55.4 Å². The molecule has 211 valence electrons. The van der Waals surface area contributed by atoms with Crippen LogP contribution in [0.15, 0.2) is 108 Å². The molecule has 7 rings (SSSR count). The van der Waals surface area contributed by atoms with E-state index in [1.54, 1.807) is 0 Å². The van der Waals surface area contributed by atoms with Crippen LogP contribution in [0.4, 0.5) is 0 Å². The maximum absolute atomic E-state index is 6.29. The van der Waals surface area contributed by atoms with E-state index in [1.165, 1.54) is 16.7 Å². The summed E-state index contributed by atoms with van der Waals surface area (Å²) in [5, 5.41) is 3.26. The van der Waals surface area contributed by atoms with Crippen molar-refractivity contribution in [2.75, 3.05) is 0 Å². The molecule has 0 fully saturated rings. The fraction of sp³-hybridized carbons (Fsp3) is 0.158. The third-order valence-corrected chi connectivity index (χ3v) is 7.33. The van der Waals surface area contributed by atoms with Gasteiger partial charge in [0, 0.05) is 48.2 Å². The van der Waals surface area contributed by atoms with Gasteiger partial charge in [0.05, 0.1) is 5.52 Å². The number of para-hydroxylation sites is 1. The molecular weight excluding hydrogens is 693 g/mol. The van der Waals surface area contributed by atoms with E-state index >= 15 is 0 Å². The quantitative estimate of drug-likeness (QED) is 0.167. The molecule has 0 saturated carbocycles. The van der Waals surface area contributed by atoms with E-state index in [9.17, 15) is 0 Å². The molecule has 3 heterocycles. The zero-order valence-corrected chi connectivity index (χ0v) is 26.8. The van der Waals surface area contributed by atoms with Crippen LogP contribution < -0.4 is 0 Å². The molecule has 0 unspecified atom stereocenters. The summed E-state index contributed by atoms with van der Waals surface area (Å²) in [6.07, 6.45) is 1.95. The van der Waals surface area contributed by atoms with Crippen molar-refractivity contribution in [2.45, 2.75) is 40.0 Å². The van der Waals surface area contributed by atoms with E-state index in [1.807, 2.05) is 66.9 Å². The van der Waals surface area contributed by atoms with Gasteiger partial charge in [-0.3, -0.25) is 4.98 Å². The smallest absolute Gasteiger partial charge is 0.137 e. The summed E-state index contributed by atoms with van der Waals surface area (Å²) >= 11 is 0.